The molecule has 94 valence electrons. The third-order valence-electron chi connectivity index (χ3n) is 2.15. The fourth-order valence-corrected chi connectivity index (χ4v) is 1.40. The Bertz CT molecular complexity index is 521. The second kappa shape index (κ2) is 5.92. The predicted molar refractivity (Wildman–Crippen MR) is 67.3 cm³/mol. The average Bonchev–Trinajstić information content (AvgIpc) is 2.37. The summed E-state index contributed by atoms with van der Waals surface area (Å²) in [6.07, 6.45) is 1.58. The summed E-state index contributed by atoms with van der Waals surface area (Å²) in [5, 5.41) is 14.5. The van der Waals surface area contributed by atoms with Gasteiger partial charge in [-0.15, -0.1) is 0 Å². The second-order valence-electron chi connectivity index (χ2n) is 3.55. The highest BCUT2D eigenvalue weighted by Crippen LogP contribution is 2.15. The summed E-state index contributed by atoms with van der Waals surface area (Å²) in [4.78, 5) is 8.16. The third-order valence-corrected chi connectivity index (χ3v) is 2.15. The van der Waals surface area contributed by atoms with Crippen molar-refractivity contribution in [1.29, 1.82) is 0 Å². The summed E-state index contributed by atoms with van der Waals surface area (Å²) in [6, 6.07) is 7.78. The molecule has 0 fully saturated rings. The van der Waals surface area contributed by atoms with Crippen molar-refractivity contribution in [2.24, 2.45) is 0 Å². The number of aromatic nitrogens is 2. The zero-order valence-electron chi connectivity index (χ0n) is 9.60. The number of nitrogens with zero attached hydrogens (tertiary/aromatic N) is 2. The van der Waals surface area contributed by atoms with Crippen LogP contribution in [0.5, 0.6) is 0 Å². The largest absolute Gasteiger partial charge is 0.395 e. The molecule has 0 aliphatic heterocycles. The van der Waals surface area contributed by atoms with Crippen molar-refractivity contribution in [3.8, 4) is 0 Å². The predicted octanol–water partition coefficient (Wildman–Crippen LogP) is 1.76. The molecule has 6 heteroatoms. The van der Waals surface area contributed by atoms with E-state index in [4.69, 9.17) is 5.11 Å². The molecule has 2 rings (SSSR count). The molecule has 3 N–H and O–H groups in total. The van der Waals surface area contributed by atoms with Crippen LogP contribution in [0, 0.1) is 5.82 Å². The minimum absolute atomic E-state index is 0.00487. The Kier molecular flexibility index (Phi) is 4.03. The molecule has 0 saturated carbocycles. The molecule has 0 amide bonds. The van der Waals surface area contributed by atoms with Gasteiger partial charge in [-0.1, -0.05) is 6.07 Å². The van der Waals surface area contributed by atoms with E-state index in [1.807, 2.05) is 0 Å². The Morgan fingerprint density at radius 2 is 2.17 bits per heavy atom. The van der Waals surface area contributed by atoms with E-state index < -0.39 is 0 Å². The number of nitrogens with one attached hydrogen (secondary N) is 2. The van der Waals surface area contributed by atoms with E-state index in [1.165, 1.54) is 12.1 Å². The number of aliphatic hydroxyl groups is 1. The normalized spacial score (nSPS) is 10.1. The number of aliphatic hydroxyl groups excluding tert-OH is 1. The Morgan fingerprint density at radius 3 is 2.94 bits per heavy atom. The van der Waals surface area contributed by atoms with Gasteiger partial charge in [-0.3, -0.25) is 0 Å². The van der Waals surface area contributed by atoms with Crippen LogP contribution in [0.2, 0.25) is 0 Å². The molecular formula is C12H13FN4O. The maximum absolute atomic E-state index is 13.0. The monoisotopic (exact) mass is 248 g/mol. The molecule has 18 heavy (non-hydrogen) atoms. The van der Waals surface area contributed by atoms with Crippen molar-refractivity contribution in [3.05, 3.63) is 42.3 Å². The molecule has 0 saturated heterocycles. The van der Waals surface area contributed by atoms with Gasteiger partial charge in [0.25, 0.3) is 0 Å². The van der Waals surface area contributed by atoms with Gasteiger partial charge in [0.05, 0.1) is 6.61 Å². The first-order valence-electron chi connectivity index (χ1n) is 5.48. The van der Waals surface area contributed by atoms with E-state index in [0.717, 1.165) is 0 Å². The van der Waals surface area contributed by atoms with E-state index >= 15 is 0 Å². The second-order valence-corrected chi connectivity index (χ2v) is 3.55. The van der Waals surface area contributed by atoms with E-state index in [1.54, 1.807) is 24.4 Å². The van der Waals surface area contributed by atoms with Gasteiger partial charge < -0.3 is 15.7 Å². The van der Waals surface area contributed by atoms with Gasteiger partial charge in [0.1, 0.15) is 11.6 Å². The lowest BCUT2D eigenvalue weighted by atomic mass is 10.3. The zero-order chi connectivity index (χ0) is 12.8. The lowest BCUT2D eigenvalue weighted by molar-refractivity contribution is 0.311. The standard InChI is InChI=1S/C12H13FN4O/c13-9-2-1-3-10(8-9)16-11-4-5-14-12(17-11)15-6-7-18/h1-5,8,18H,6-7H2,(H2,14,15,16,17). The van der Waals surface area contributed by atoms with Gasteiger partial charge in [0.2, 0.25) is 5.95 Å². The first-order valence-corrected chi connectivity index (χ1v) is 5.48. The number of hydrogen-bond acceptors (Lipinski definition) is 5. The summed E-state index contributed by atoms with van der Waals surface area (Å²) >= 11 is 0. The number of halogens is 1. The summed E-state index contributed by atoms with van der Waals surface area (Å²) < 4.78 is 13.0. The summed E-state index contributed by atoms with van der Waals surface area (Å²) in [5.41, 5.74) is 0.613. The summed E-state index contributed by atoms with van der Waals surface area (Å²) in [5.74, 6) is 0.647. The molecule has 2 aromatic rings. The first-order chi connectivity index (χ1) is 8.78. The van der Waals surface area contributed by atoms with Crippen molar-refractivity contribution in [1.82, 2.24) is 9.97 Å². The zero-order valence-corrected chi connectivity index (χ0v) is 9.60. The molecule has 0 aliphatic rings. The average molecular weight is 248 g/mol. The van der Waals surface area contributed by atoms with E-state index in [-0.39, 0.29) is 12.4 Å². The van der Waals surface area contributed by atoms with Crippen LogP contribution in [0.3, 0.4) is 0 Å². The Labute approximate surface area is 104 Å². The summed E-state index contributed by atoms with van der Waals surface area (Å²) in [7, 11) is 0. The van der Waals surface area contributed by atoms with Gasteiger partial charge in [0, 0.05) is 18.4 Å². The van der Waals surface area contributed by atoms with Crippen LogP contribution in [0.15, 0.2) is 36.5 Å². The molecule has 0 bridgehead atoms. The molecule has 0 spiro atoms. The topological polar surface area (TPSA) is 70.1 Å². The van der Waals surface area contributed by atoms with Gasteiger partial charge in [0.15, 0.2) is 0 Å². The van der Waals surface area contributed by atoms with Crippen LogP contribution in [-0.4, -0.2) is 28.2 Å². The molecule has 1 aromatic heterocycles. The van der Waals surface area contributed by atoms with Crippen LogP contribution in [0.25, 0.3) is 0 Å². The van der Waals surface area contributed by atoms with Crippen LogP contribution in [0.4, 0.5) is 21.8 Å². The number of anilines is 3. The Morgan fingerprint density at radius 1 is 1.28 bits per heavy atom. The van der Waals surface area contributed by atoms with Crippen molar-refractivity contribution >= 4 is 17.5 Å². The van der Waals surface area contributed by atoms with Crippen LogP contribution in [0.1, 0.15) is 0 Å². The Hall–Kier alpha value is -2.21. The van der Waals surface area contributed by atoms with Gasteiger partial charge in [-0.05, 0) is 24.3 Å². The van der Waals surface area contributed by atoms with Crippen LogP contribution < -0.4 is 10.6 Å². The molecular weight excluding hydrogens is 235 g/mol. The molecule has 0 atom stereocenters. The minimum atomic E-state index is -0.312. The highest BCUT2D eigenvalue weighted by atomic mass is 19.1. The first kappa shape index (κ1) is 12.3. The van der Waals surface area contributed by atoms with E-state index in [9.17, 15) is 4.39 Å². The smallest absolute Gasteiger partial charge is 0.224 e. The minimum Gasteiger partial charge on any atom is -0.395 e. The molecule has 5 nitrogen and oxygen atoms in total. The van der Waals surface area contributed by atoms with Crippen molar-refractivity contribution in [3.63, 3.8) is 0 Å². The maximum atomic E-state index is 13.0. The Balaban J connectivity index is 2.09. The highest BCUT2D eigenvalue weighted by Gasteiger charge is 2.00. The molecule has 0 aliphatic carbocycles. The van der Waals surface area contributed by atoms with Gasteiger partial charge >= 0.3 is 0 Å². The highest BCUT2D eigenvalue weighted by molar-refractivity contribution is 5.56. The van der Waals surface area contributed by atoms with Gasteiger partial charge in [-0.25, -0.2) is 9.37 Å². The third kappa shape index (κ3) is 3.39. The van der Waals surface area contributed by atoms with Crippen LogP contribution in [-0.2, 0) is 0 Å². The fourth-order valence-electron chi connectivity index (χ4n) is 1.40. The number of rotatable bonds is 5. The SMILES string of the molecule is OCCNc1nccc(Nc2cccc(F)c2)n1. The number of hydrogen-bond donors (Lipinski definition) is 3. The molecule has 1 heterocycles. The van der Waals surface area contributed by atoms with Crippen LogP contribution >= 0.6 is 0 Å². The van der Waals surface area contributed by atoms with Crippen molar-refractivity contribution < 1.29 is 9.50 Å². The van der Waals surface area contributed by atoms with Crippen molar-refractivity contribution in [2.45, 2.75) is 0 Å². The van der Waals surface area contributed by atoms with E-state index in [0.29, 0.717) is 24.0 Å². The molecule has 0 unspecified atom stereocenters. The van der Waals surface area contributed by atoms with Gasteiger partial charge in [-0.2, -0.15) is 4.98 Å². The van der Waals surface area contributed by atoms with E-state index in [2.05, 4.69) is 20.6 Å². The van der Waals surface area contributed by atoms with Crippen molar-refractivity contribution in [2.75, 3.05) is 23.8 Å². The maximum Gasteiger partial charge on any atom is 0.224 e. The number of benzene rings is 1. The molecule has 1 aromatic carbocycles. The lowest BCUT2D eigenvalue weighted by Gasteiger charge is -2.07. The lowest BCUT2D eigenvalue weighted by Crippen LogP contribution is -2.09. The molecule has 0 radical (unpaired) electrons. The summed E-state index contributed by atoms with van der Waals surface area (Å²) in [6.45, 7) is 0.383. The quantitative estimate of drug-likeness (QED) is 0.752. The fraction of sp³-hybridized carbons (Fsp3) is 0.167.